The lowest BCUT2D eigenvalue weighted by Gasteiger charge is -2.26. The molecular weight excluding hydrogens is 228 g/mol. The first-order chi connectivity index (χ1) is 8.60. The molecule has 1 rings (SSSR count). The third kappa shape index (κ3) is 3.74. The largest absolute Gasteiger partial charge is 0.389 e. The second-order valence-electron chi connectivity index (χ2n) is 4.20. The van der Waals surface area contributed by atoms with Gasteiger partial charge in [-0.3, -0.25) is 4.79 Å². The van der Waals surface area contributed by atoms with Gasteiger partial charge in [0.2, 0.25) is 5.91 Å². The first-order valence-corrected chi connectivity index (χ1v) is 6.38. The number of aliphatic hydroxyl groups excluding tert-OH is 1. The lowest BCUT2D eigenvalue weighted by Crippen LogP contribution is -2.37. The van der Waals surface area contributed by atoms with Crippen molar-refractivity contribution in [3.8, 4) is 0 Å². The van der Waals surface area contributed by atoms with Crippen LogP contribution in [0.4, 0.5) is 5.69 Å². The van der Waals surface area contributed by atoms with Crippen LogP contribution in [0.1, 0.15) is 32.4 Å². The Kier molecular flexibility index (Phi) is 5.65. The Hall–Kier alpha value is -1.55. The Balaban J connectivity index is 2.91. The average Bonchev–Trinajstić information content (AvgIpc) is 2.36. The van der Waals surface area contributed by atoms with Gasteiger partial charge >= 0.3 is 0 Å². The predicted octanol–water partition coefficient (Wildman–Crippen LogP) is 1.70. The Bertz CT molecular complexity index is 391. The number of likely N-dealkylation sites (N-methyl/N-ethyl adjacent to an activating group) is 2. The fraction of sp³-hybridized carbons (Fsp3) is 0.500. The van der Waals surface area contributed by atoms with Crippen molar-refractivity contribution in [1.29, 1.82) is 0 Å². The van der Waals surface area contributed by atoms with E-state index in [0.717, 1.165) is 17.8 Å². The van der Waals surface area contributed by atoms with Crippen LogP contribution in [-0.2, 0) is 4.79 Å². The molecular formula is C14H22N2O2. The highest BCUT2D eigenvalue weighted by Crippen LogP contribution is 2.25. The Labute approximate surface area is 109 Å². The number of amides is 1. The fourth-order valence-corrected chi connectivity index (χ4v) is 1.92. The summed E-state index contributed by atoms with van der Waals surface area (Å²) < 4.78 is 0. The zero-order valence-electron chi connectivity index (χ0n) is 11.3. The van der Waals surface area contributed by atoms with Crippen LogP contribution in [0.25, 0.3) is 0 Å². The first-order valence-electron chi connectivity index (χ1n) is 6.38. The number of nitrogens with zero attached hydrogens (tertiary/aromatic N) is 1. The molecule has 0 spiro atoms. The van der Waals surface area contributed by atoms with Crippen LogP contribution in [0.15, 0.2) is 24.3 Å². The van der Waals surface area contributed by atoms with Gasteiger partial charge in [-0.1, -0.05) is 18.2 Å². The minimum atomic E-state index is -0.538. The number of hydrogen-bond acceptors (Lipinski definition) is 3. The van der Waals surface area contributed by atoms with Gasteiger partial charge in [0, 0.05) is 24.3 Å². The zero-order chi connectivity index (χ0) is 13.5. The maximum Gasteiger partial charge on any atom is 0.239 e. The Morgan fingerprint density at radius 1 is 1.39 bits per heavy atom. The smallest absolute Gasteiger partial charge is 0.239 e. The number of carbonyl (C=O) groups is 1. The molecule has 1 atom stereocenters. The summed E-state index contributed by atoms with van der Waals surface area (Å²) in [6.07, 6.45) is -0.538. The summed E-state index contributed by atoms with van der Waals surface area (Å²) in [7, 11) is 0. The van der Waals surface area contributed by atoms with Crippen molar-refractivity contribution in [2.45, 2.75) is 26.9 Å². The molecule has 1 amide bonds. The maximum absolute atomic E-state index is 11.7. The van der Waals surface area contributed by atoms with Crippen LogP contribution in [0.3, 0.4) is 0 Å². The number of anilines is 1. The number of carbonyl (C=O) groups excluding carboxylic acids is 1. The topological polar surface area (TPSA) is 52.6 Å². The number of nitrogens with one attached hydrogen (secondary N) is 1. The molecule has 2 N–H and O–H groups in total. The highest BCUT2D eigenvalue weighted by Gasteiger charge is 2.14. The summed E-state index contributed by atoms with van der Waals surface area (Å²) in [4.78, 5) is 13.6. The average molecular weight is 250 g/mol. The van der Waals surface area contributed by atoms with Crippen LogP contribution in [0.5, 0.6) is 0 Å². The lowest BCUT2D eigenvalue weighted by atomic mass is 10.1. The van der Waals surface area contributed by atoms with Crippen LogP contribution >= 0.6 is 0 Å². The van der Waals surface area contributed by atoms with Gasteiger partial charge in [-0.25, -0.2) is 0 Å². The second-order valence-corrected chi connectivity index (χ2v) is 4.20. The number of benzene rings is 1. The summed E-state index contributed by atoms with van der Waals surface area (Å²) >= 11 is 0. The molecule has 0 bridgehead atoms. The van der Waals surface area contributed by atoms with E-state index in [1.54, 1.807) is 6.92 Å². The molecule has 18 heavy (non-hydrogen) atoms. The van der Waals surface area contributed by atoms with Crippen LogP contribution in [-0.4, -0.2) is 30.6 Å². The van der Waals surface area contributed by atoms with Crippen molar-refractivity contribution in [3.05, 3.63) is 29.8 Å². The SMILES string of the molecule is CCNC(=O)CN(CC)c1ccccc1C(C)O. The molecule has 100 valence electrons. The van der Waals surface area contributed by atoms with Crippen molar-refractivity contribution in [2.24, 2.45) is 0 Å². The maximum atomic E-state index is 11.7. The molecule has 1 aromatic carbocycles. The number of aliphatic hydroxyl groups is 1. The van der Waals surface area contributed by atoms with E-state index >= 15 is 0 Å². The quantitative estimate of drug-likeness (QED) is 0.808. The van der Waals surface area contributed by atoms with E-state index in [-0.39, 0.29) is 5.91 Å². The molecule has 1 unspecified atom stereocenters. The highest BCUT2D eigenvalue weighted by atomic mass is 16.3. The van der Waals surface area contributed by atoms with Gasteiger partial charge in [-0.15, -0.1) is 0 Å². The van der Waals surface area contributed by atoms with Crippen molar-refractivity contribution in [2.75, 3.05) is 24.5 Å². The standard InChI is InChI=1S/C14H22N2O2/c1-4-15-14(18)10-16(5-2)13-9-7-6-8-12(13)11(3)17/h6-9,11,17H,4-5,10H2,1-3H3,(H,15,18). The minimum absolute atomic E-state index is 0.000235. The summed E-state index contributed by atoms with van der Waals surface area (Å²) in [5, 5.41) is 12.5. The molecule has 0 aliphatic heterocycles. The van der Waals surface area contributed by atoms with Gasteiger partial charge in [-0.05, 0) is 26.8 Å². The van der Waals surface area contributed by atoms with Crippen LogP contribution in [0.2, 0.25) is 0 Å². The molecule has 0 aliphatic carbocycles. The lowest BCUT2D eigenvalue weighted by molar-refractivity contribution is -0.119. The van der Waals surface area contributed by atoms with Crippen LogP contribution in [0, 0.1) is 0 Å². The van der Waals surface area contributed by atoms with E-state index < -0.39 is 6.10 Å². The van der Waals surface area contributed by atoms with E-state index in [0.29, 0.717) is 13.1 Å². The zero-order valence-corrected chi connectivity index (χ0v) is 11.3. The van der Waals surface area contributed by atoms with E-state index in [1.807, 2.05) is 43.0 Å². The van der Waals surface area contributed by atoms with Crippen LogP contribution < -0.4 is 10.2 Å². The molecule has 1 aromatic rings. The van der Waals surface area contributed by atoms with Gasteiger partial charge in [-0.2, -0.15) is 0 Å². The Morgan fingerprint density at radius 3 is 2.61 bits per heavy atom. The summed E-state index contributed by atoms with van der Waals surface area (Å²) in [6.45, 7) is 7.30. The fourth-order valence-electron chi connectivity index (χ4n) is 1.92. The number of rotatable bonds is 6. The van der Waals surface area contributed by atoms with Gasteiger partial charge in [0.05, 0.1) is 12.6 Å². The molecule has 0 radical (unpaired) electrons. The molecule has 0 aromatic heterocycles. The van der Waals surface area contributed by atoms with Gasteiger partial charge in [0.25, 0.3) is 0 Å². The van der Waals surface area contributed by atoms with Crippen molar-refractivity contribution in [3.63, 3.8) is 0 Å². The minimum Gasteiger partial charge on any atom is -0.389 e. The molecule has 0 aliphatic rings. The van der Waals surface area contributed by atoms with E-state index in [4.69, 9.17) is 0 Å². The third-order valence-corrected chi connectivity index (χ3v) is 2.82. The van der Waals surface area contributed by atoms with E-state index in [1.165, 1.54) is 0 Å². The summed E-state index contributed by atoms with van der Waals surface area (Å²) in [6, 6.07) is 7.64. The van der Waals surface area contributed by atoms with Crippen molar-refractivity contribution in [1.82, 2.24) is 5.32 Å². The third-order valence-electron chi connectivity index (χ3n) is 2.82. The van der Waals surface area contributed by atoms with Crippen molar-refractivity contribution < 1.29 is 9.90 Å². The number of para-hydroxylation sites is 1. The number of hydrogen-bond donors (Lipinski definition) is 2. The normalized spacial score (nSPS) is 12.0. The van der Waals surface area contributed by atoms with Crippen molar-refractivity contribution >= 4 is 11.6 Å². The molecule has 4 nitrogen and oxygen atoms in total. The van der Waals surface area contributed by atoms with E-state index in [2.05, 4.69) is 5.32 Å². The Morgan fingerprint density at radius 2 is 2.06 bits per heavy atom. The first kappa shape index (κ1) is 14.5. The predicted molar refractivity (Wildman–Crippen MR) is 73.6 cm³/mol. The monoisotopic (exact) mass is 250 g/mol. The van der Waals surface area contributed by atoms with Gasteiger partial charge < -0.3 is 15.3 Å². The van der Waals surface area contributed by atoms with E-state index in [9.17, 15) is 9.90 Å². The molecule has 0 heterocycles. The second kappa shape index (κ2) is 7.01. The molecule has 0 saturated heterocycles. The summed E-state index contributed by atoms with van der Waals surface area (Å²) in [5.41, 5.74) is 1.77. The highest BCUT2D eigenvalue weighted by molar-refractivity contribution is 5.81. The molecule has 4 heteroatoms. The van der Waals surface area contributed by atoms with Gasteiger partial charge in [0.15, 0.2) is 0 Å². The molecule has 0 saturated carbocycles. The summed E-state index contributed by atoms with van der Waals surface area (Å²) in [5.74, 6) is -0.000235. The van der Waals surface area contributed by atoms with Gasteiger partial charge in [0.1, 0.15) is 0 Å². The molecule has 0 fully saturated rings.